The van der Waals surface area contributed by atoms with Gasteiger partial charge in [0, 0.05) is 37.1 Å². The molecular weight excluding hydrogens is 408 g/mol. The molecule has 1 amide bonds. The zero-order valence-electron chi connectivity index (χ0n) is 17.1. The highest BCUT2D eigenvalue weighted by Gasteiger charge is 2.31. The highest BCUT2D eigenvalue weighted by atomic mass is 35.5. The second-order valence-electron chi connectivity index (χ2n) is 7.80. The Morgan fingerprint density at radius 1 is 1.06 bits per heavy atom. The summed E-state index contributed by atoms with van der Waals surface area (Å²) in [4.78, 5) is 19.0. The topological polar surface area (TPSA) is 69.0 Å². The van der Waals surface area contributed by atoms with E-state index in [1.54, 1.807) is 0 Å². The zero-order chi connectivity index (χ0) is 21.6. The zero-order valence-corrected chi connectivity index (χ0v) is 17.8. The number of carbonyl (C=O) groups excluding carboxylic acids is 1. The van der Waals surface area contributed by atoms with Crippen LogP contribution < -0.4 is 5.32 Å². The molecule has 4 rings (SSSR count). The molecular formula is C25H23ClN4O. The SMILES string of the molecule is N#Cc1ccc(Cc2cncc(CN[C@H]3CCN(Cc4cccc(Cl)c4)C3=O)c2)cc1. The molecule has 0 aliphatic carbocycles. The van der Waals surface area contributed by atoms with E-state index in [1.165, 1.54) is 0 Å². The smallest absolute Gasteiger partial charge is 0.240 e. The van der Waals surface area contributed by atoms with Gasteiger partial charge in [-0.25, -0.2) is 0 Å². The Kier molecular flexibility index (Phi) is 6.61. The van der Waals surface area contributed by atoms with Crippen molar-refractivity contribution in [3.05, 3.63) is 99.8 Å². The van der Waals surface area contributed by atoms with Gasteiger partial charge in [0.15, 0.2) is 0 Å². The van der Waals surface area contributed by atoms with Crippen LogP contribution in [-0.2, 0) is 24.3 Å². The quantitative estimate of drug-likeness (QED) is 0.613. The second-order valence-corrected chi connectivity index (χ2v) is 8.24. The molecule has 2 aromatic carbocycles. The number of nitriles is 1. The minimum atomic E-state index is -0.179. The van der Waals surface area contributed by atoms with Crippen LogP contribution in [0.3, 0.4) is 0 Å². The van der Waals surface area contributed by atoms with Crippen LogP contribution in [0.4, 0.5) is 0 Å². The average Bonchev–Trinajstić information content (AvgIpc) is 3.12. The molecule has 31 heavy (non-hydrogen) atoms. The lowest BCUT2D eigenvalue weighted by molar-refractivity contribution is -0.129. The molecule has 2 heterocycles. The molecule has 5 nitrogen and oxygen atoms in total. The maximum absolute atomic E-state index is 12.8. The molecule has 3 aromatic rings. The lowest BCUT2D eigenvalue weighted by Gasteiger charge is -2.17. The van der Waals surface area contributed by atoms with E-state index in [0.29, 0.717) is 23.7 Å². The van der Waals surface area contributed by atoms with E-state index in [2.05, 4.69) is 22.4 Å². The van der Waals surface area contributed by atoms with Gasteiger partial charge in [0.2, 0.25) is 5.91 Å². The monoisotopic (exact) mass is 430 g/mol. The van der Waals surface area contributed by atoms with Crippen LogP contribution in [0.15, 0.2) is 67.0 Å². The van der Waals surface area contributed by atoms with Crippen molar-refractivity contribution < 1.29 is 4.79 Å². The van der Waals surface area contributed by atoms with Crippen LogP contribution in [0.25, 0.3) is 0 Å². The van der Waals surface area contributed by atoms with Crippen molar-refractivity contribution in [2.24, 2.45) is 0 Å². The Hall–Kier alpha value is -3.20. The number of aromatic nitrogens is 1. The fourth-order valence-electron chi connectivity index (χ4n) is 3.85. The Bertz CT molecular complexity index is 1110. The third-order valence-electron chi connectivity index (χ3n) is 5.46. The normalized spacial score (nSPS) is 15.8. The van der Waals surface area contributed by atoms with Crippen LogP contribution in [0.1, 0.15) is 34.2 Å². The van der Waals surface area contributed by atoms with Crippen molar-refractivity contribution in [3.63, 3.8) is 0 Å². The number of nitrogens with one attached hydrogen (secondary N) is 1. The standard InChI is InChI=1S/C25H23ClN4O/c26-23-3-1-2-20(12-23)17-30-9-8-24(25(30)31)29-16-22-11-21(14-28-15-22)10-18-4-6-19(13-27)7-5-18/h1-7,11-12,14-15,24,29H,8-10,16-17H2/t24-/m0/s1. The maximum Gasteiger partial charge on any atom is 0.240 e. The molecule has 156 valence electrons. The van der Waals surface area contributed by atoms with Gasteiger partial charge in [-0.3, -0.25) is 9.78 Å². The fourth-order valence-corrected chi connectivity index (χ4v) is 4.06. The van der Waals surface area contributed by atoms with Crippen LogP contribution in [-0.4, -0.2) is 28.4 Å². The number of pyridine rings is 1. The lowest BCUT2D eigenvalue weighted by atomic mass is 10.0. The van der Waals surface area contributed by atoms with Crippen molar-refractivity contribution in [1.29, 1.82) is 5.26 Å². The molecule has 1 atom stereocenters. The van der Waals surface area contributed by atoms with Gasteiger partial charge < -0.3 is 10.2 Å². The number of hydrogen-bond donors (Lipinski definition) is 1. The number of halogens is 1. The first-order valence-corrected chi connectivity index (χ1v) is 10.7. The second kappa shape index (κ2) is 9.74. The molecule has 6 heteroatoms. The van der Waals surface area contributed by atoms with Gasteiger partial charge in [-0.15, -0.1) is 0 Å². The van der Waals surface area contributed by atoms with E-state index >= 15 is 0 Å². The van der Waals surface area contributed by atoms with Crippen molar-refractivity contribution in [2.75, 3.05) is 6.54 Å². The molecule has 0 saturated carbocycles. The molecule has 0 unspecified atom stereocenters. The first-order chi connectivity index (χ1) is 15.1. The Morgan fingerprint density at radius 2 is 1.87 bits per heavy atom. The molecule has 1 fully saturated rings. The summed E-state index contributed by atoms with van der Waals surface area (Å²) in [5.41, 5.74) is 4.98. The van der Waals surface area contributed by atoms with E-state index in [9.17, 15) is 4.79 Å². The number of benzene rings is 2. The molecule has 0 bridgehead atoms. The van der Waals surface area contributed by atoms with Gasteiger partial charge in [-0.2, -0.15) is 5.26 Å². The summed E-state index contributed by atoms with van der Waals surface area (Å²) in [6.45, 7) is 1.91. The largest absolute Gasteiger partial charge is 0.337 e. The Morgan fingerprint density at radius 3 is 2.65 bits per heavy atom. The molecule has 1 N–H and O–H groups in total. The highest BCUT2D eigenvalue weighted by molar-refractivity contribution is 6.30. The number of amides is 1. The van der Waals surface area contributed by atoms with Gasteiger partial charge in [0.1, 0.15) is 0 Å². The van der Waals surface area contributed by atoms with Crippen molar-refractivity contribution in [2.45, 2.75) is 32.0 Å². The van der Waals surface area contributed by atoms with Crippen molar-refractivity contribution >= 4 is 17.5 Å². The molecule has 1 aliphatic heterocycles. The van der Waals surface area contributed by atoms with E-state index < -0.39 is 0 Å². The summed E-state index contributed by atoms with van der Waals surface area (Å²) >= 11 is 6.06. The lowest BCUT2D eigenvalue weighted by Crippen LogP contribution is -2.37. The summed E-state index contributed by atoms with van der Waals surface area (Å²) in [6.07, 6.45) is 5.23. The number of hydrogen-bond acceptors (Lipinski definition) is 4. The molecule has 0 spiro atoms. The van der Waals surface area contributed by atoms with E-state index in [0.717, 1.165) is 41.6 Å². The molecule has 0 radical (unpaired) electrons. The number of nitrogens with zero attached hydrogens (tertiary/aromatic N) is 3. The Labute approximate surface area is 187 Å². The average molecular weight is 431 g/mol. The van der Waals surface area contributed by atoms with Gasteiger partial charge in [0.05, 0.1) is 17.7 Å². The van der Waals surface area contributed by atoms with E-state index in [4.69, 9.17) is 16.9 Å². The van der Waals surface area contributed by atoms with Crippen molar-refractivity contribution in [1.82, 2.24) is 15.2 Å². The summed E-state index contributed by atoms with van der Waals surface area (Å²) in [5, 5.41) is 13.0. The van der Waals surface area contributed by atoms with E-state index in [1.807, 2.05) is 65.8 Å². The van der Waals surface area contributed by atoms with Gasteiger partial charge >= 0.3 is 0 Å². The highest BCUT2D eigenvalue weighted by Crippen LogP contribution is 2.18. The van der Waals surface area contributed by atoms with E-state index in [-0.39, 0.29) is 11.9 Å². The first kappa shape index (κ1) is 21.0. The third-order valence-corrected chi connectivity index (χ3v) is 5.69. The number of likely N-dealkylation sites (tertiary alicyclic amines) is 1. The minimum absolute atomic E-state index is 0.127. The van der Waals surface area contributed by atoms with Crippen LogP contribution in [0.5, 0.6) is 0 Å². The van der Waals surface area contributed by atoms with Gasteiger partial charge in [0.25, 0.3) is 0 Å². The third kappa shape index (κ3) is 5.49. The van der Waals surface area contributed by atoms with Crippen molar-refractivity contribution in [3.8, 4) is 6.07 Å². The van der Waals surface area contributed by atoms with Gasteiger partial charge in [-0.1, -0.05) is 41.9 Å². The van der Waals surface area contributed by atoms with Crippen LogP contribution >= 0.6 is 11.6 Å². The predicted molar refractivity (Wildman–Crippen MR) is 120 cm³/mol. The summed E-state index contributed by atoms with van der Waals surface area (Å²) < 4.78 is 0. The summed E-state index contributed by atoms with van der Waals surface area (Å²) in [6, 6.07) is 19.3. The predicted octanol–water partition coefficient (Wildman–Crippen LogP) is 4.09. The molecule has 1 aliphatic rings. The Balaban J connectivity index is 1.32. The van der Waals surface area contributed by atoms with Gasteiger partial charge in [-0.05, 0) is 59.4 Å². The fraction of sp³-hybridized carbons (Fsp3) is 0.240. The summed E-state index contributed by atoms with van der Waals surface area (Å²) in [5.74, 6) is 0.127. The number of rotatable bonds is 7. The van der Waals surface area contributed by atoms with Crippen LogP contribution in [0, 0.1) is 11.3 Å². The summed E-state index contributed by atoms with van der Waals surface area (Å²) in [7, 11) is 0. The maximum atomic E-state index is 12.8. The molecule has 1 aromatic heterocycles. The minimum Gasteiger partial charge on any atom is -0.337 e. The molecule has 1 saturated heterocycles. The first-order valence-electron chi connectivity index (χ1n) is 10.3. The number of carbonyl (C=O) groups is 1. The van der Waals surface area contributed by atoms with Crippen LogP contribution in [0.2, 0.25) is 5.02 Å².